The highest BCUT2D eigenvalue weighted by atomic mass is 16.7. The molecule has 7 unspecified atom stereocenters. The standard InChI is InChI=1S/C51H89NO8/c1-3-5-7-9-11-13-14-15-16-17-18-19-20-21-22-23-24-25-26-27-28-29-30-31-32-33-35-37-39-41-47(55)52-44(45(54)40-38-36-34-12-10-8-6-4-2)43-59-51-50(58)49(57)48(56)46(42-53)60-51/h5,7,11,13,15-16,18-19,21-22,24-25,44-46,48-51,53-54,56-58H,3-4,6,8-10,12,14,17,20,23,26-43H2,1-2H3,(H,52,55)/b7-5-,13-11-,16-15-,19-18-,22-21-,25-24-. The van der Waals surface area contributed by atoms with E-state index < -0.39 is 49.5 Å². The minimum absolute atomic E-state index is 0.144. The molecule has 0 aromatic rings. The van der Waals surface area contributed by atoms with Gasteiger partial charge in [-0.05, 0) is 64.2 Å². The summed E-state index contributed by atoms with van der Waals surface area (Å²) in [5.74, 6) is -0.156. The van der Waals surface area contributed by atoms with Gasteiger partial charge in [0.15, 0.2) is 6.29 Å². The molecule has 7 atom stereocenters. The van der Waals surface area contributed by atoms with Gasteiger partial charge in [-0.25, -0.2) is 0 Å². The number of ether oxygens (including phenoxy) is 2. The summed E-state index contributed by atoms with van der Waals surface area (Å²) in [6, 6.07) is -0.722. The van der Waals surface area contributed by atoms with E-state index in [1.54, 1.807) is 0 Å². The number of amides is 1. The molecule has 1 amide bonds. The van der Waals surface area contributed by atoms with Crippen LogP contribution in [0.1, 0.15) is 187 Å². The van der Waals surface area contributed by atoms with E-state index in [0.29, 0.717) is 12.8 Å². The number of carbonyl (C=O) groups excluding carboxylic acids is 1. The second kappa shape index (κ2) is 40.7. The normalized spacial score (nSPS) is 21.2. The van der Waals surface area contributed by atoms with Crippen molar-refractivity contribution in [2.45, 2.75) is 230 Å². The van der Waals surface area contributed by atoms with Gasteiger partial charge in [-0.15, -0.1) is 0 Å². The molecule has 6 N–H and O–H groups in total. The molecule has 9 nitrogen and oxygen atoms in total. The fraction of sp³-hybridized carbons (Fsp3) is 0.745. The Morgan fingerprint density at radius 3 is 1.53 bits per heavy atom. The van der Waals surface area contributed by atoms with E-state index in [1.807, 2.05) is 0 Å². The monoisotopic (exact) mass is 844 g/mol. The van der Waals surface area contributed by atoms with Crippen LogP contribution in [0, 0.1) is 0 Å². The molecule has 0 bridgehead atoms. The van der Waals surface area contributed by atoms with Gasteiger partial charge in [0.05, 0.1) is 25.4 Å². The Balaban J connectivity index is 2.17. The molecule has 0 radical (unpaired) electrons. The Morgan fingerprint density at radius 2 is 1.03 bits per heavy atom. The molecule has 9 heteroatoms. The third-order valence-electron chi connectivity index (χ3n) is 11.1. The predicted octanol–water partition coefficient (Wildman–Crippen LogP) is 10.6. The first-order valence-corrected chi connectivity index (χ1v) is 24.1. The van der Waals surface area contributed by atoms with Gasteiger partial charge < -0.3 is 40.3 Å². The van der Waals surface area contributed by atoms with Crippen LogP contribution in [0.4, 0.5) is 0 Å². The van der Waals surface area contributed by atoms with Crippen LogP contribution in [0.25, 0.3) is 0 Å². The van der Waals surface area contributed by atoms with Crippen molar-refractivity contribution in [3.05, 3.63) is 72.9 Å². The maximum absolute atomic E-state index is 12.9. The first kappa shape index (κ1) is 55.6. The van der Waals surface area contributed by atoms with Crippen LogP contribution in [-0.2, 0) is 14.3 Å². The fourth-order valence-electron chi connectivity index (χ4n) is 7.22. The summed E-state index contributed by atoms with van der Waals surface area (Å²) in [7, 11) is 0. The number of allylic oxidation sites excluding steroid dienone is 12. The number of hydrogen-bond acceptors (Lipinski definition) is 8. The van der Waals surface area contributed by atoms with Crippen LogP contribution in [0.2, 0.25) is 0 Å². The molecule has 1 rings (SSSR count). The lowest BCUT2D eigenvalue weighted by atomic mass is 9.99. The third-order valence-corrected chi connectivity index (χ3v) is 11.1. The largest absolute Gasteiger partial charge is 0.394 e. The number of aliphatic hydroxyl groups excluding tert-OH is 5. The quantitative estimate of drug-likeness (QED) is 0.0265. The number of carbonyl (C=O) groups is 1. The van der Waals surface area contributed by atoms with Gasteiger partial charge in [-0.3, -0.25) is 4.79 Å². The maximum atomic E-state index is 12.9. The van der Waals surface area contributed by atoms with Gasteiger partial charge in [0.2, 0.25) is 5.91 Å². The van der Waals surface area contributed by atoms with E-state index in [0.717, 1.165) is 83.5 Å². The van der Waals surface area contributed by atoms with E-state index in [1.165, 1.54) is 77.0 Å². The van der Waals surface area contributed by atoms with Gasteiger partial charge in [-0.2, -0.15) is 0 Å². The van der Waals surface area contributed by atoms with Crippen molar-refractivity contribution in [3.8, 4) is 0 Å². The summed E-state index contributed by atoms with van der Waals surface area (Å²) >= 11 is 0. The lowest BCUT2D eigenvalue weighted by Gasteiger charge is -2.40. The van der Waals surface area contributed by atoms with Crippen molar-refractivity contribution < 1.29 is 39.8 Å². The average molecular weight is 844 g/mol. The lowest BCUT2D eigenvalue weighted by molar-refractivity contribution is -0.302. The van der Waals surface area contributed by atoms with Crippen molar-refractivity contribution in [2.24, 2.45) is 0 Å². The van der Waals surface area contributed by atoms with Crippen LogP contribution in [0.5, 0.6) is 0 Å². The lowest BCUT2D eigenvalue weighted by Crippen LogP contribution is -2.60. The predicted molar refractivity (Wildman–Crippen MR) is 249 cm³/mol. The molecule has 1 aliphatic heterocycles. The van der Waals surface area contributed by atoms with E-state index >= 15 is 0 Å². The minimum atomic E-state index is -1.55. The first-order chi connectivity index (χ1) is 29.3. The molecule has 60 heavy (non-hydrogen) atoms. The van der Waals surface area contributed by atoms with Gasteiger partial charge in [0.1, 0.15) is 24.4 Å². The summed E-state index contributed by atoms with van der Waals surface area (Å²) in [5.41, 5.74) is 0. The highest BCUT2D eigenvalue weighted by molar-refractivity contribution is 5.76. The van der Waals surface area contributed by atoms with Crippen LogP contribution in [-0.4, -0.2) is 87.5 Å². The number of aliphatic hydroxyl groups is 5. The van der Waals surface area contributed by atoms with Crippen LogP contribution >= 0.6 is 0 Å². The van der Waals surface area contributed by atoms with Crippen molar-refractivity contribution in [1.29, 1.82) is 0 Å². The fourth-order valence-corrected chi connectivity index (χ4v) is 7.22. The van der Waals surface area contributed by atoms with Gasteiger partial charge in [0.25, 0.3) is 0 Å². The van der Waals surface area contributed by atoms with Gasteiger partial charge >= 0.3 is 0 Å². The average Bonchev–Trinajstić information content (AvgIpc) is 3.25. The number of nitrogens with one attached hydrogen (secondary N) is 1. The zero-order valence-electron chi connectivity index (χ0n) is 37.9. The van der Waals surface area contributed by atoms with Gasteiger partial charge in [0, 0.05) is 6.42 Å². The second-order valence-corrected chi connectivity index (χ2v) is 16.5. The summed E-state index contributed by atoms with van der Waals surface area (Å²) in [4.78, 5) is 12.9. The Morgan fingerprint density at radius 1 is 0.583 bits per heavy atom. The zero-order valence-corrected chi connectivity index (χ0v) is 37.9. The van der Waals surface area contributed by atoms with E-state index in [9.17, 15) is 30.3 Å². The van der Waals surface area contributed by atoms with Crippen LogP contribution in [0.15, 0.2) is 72.9 Å². The van der Waals surface area contributed by atoms with Crippen LogP contribution in [0.3, 0.4) is 0 Å². The summed E-state index contributed by atoms with van der Waals surface area (Å²) in [6.45, 7) is 3.66. The van der Waals surface area contributed by atoms with E-state index in [-0.39, 0.29) is 12.5 Å². The zero-order chi connectivity index (χ0) is 43.7. The molecule has 1 fully saturated rings. The molecule has 1 heterocycles. The molecule has 0 aliphatic carbocycles. The number of rotatable bonds is 39. The summed E-state index contributed by atoms with van der Waals surface area (Å²) in [6.07, 6.45) is 47.9. The van der Waals surface area contributed by atoms with Gasteiger partial charge in [-0.1, -0.05) is 189 Å². The number of hydrogen-bond donors (Lipinski definition) is 6. The molecule has 346 valence electrons. The smallest absolute Gasteiger partial charge is 0.220 e. The molecular formula is C51H89NO8. The van der Waals surface area contributed by atoms with Crippen molar-refractivity contribution in [3.63, 3.8) is 0 Å². The molecule has 0 aromatic carbocycles. The van der Waals surface area contributed by atoms with Crippen molar-refractivity contribution in [2.75, 3.05) is 13.2 Å². The molecule has 0 aromatic heterocycles. The first-order valence-electron chi connectivity index (χ1n) is 24.1. The highest BCUT2D eigenvalue weighted by Crippen LogP contribution is 2.23. The molecular weight excluding hydrogens is 755 g/mol. The Kier molecular flexibility index (Phi) is 37.7. The Hall–Kier alpha value is -2.37. The second-order valence-electron chi connectivity index (χ2n) is 16.5. The maximum Gasteiger partial charge on any atom is 0.220 e. The van der Waals surface area contributed by atoms with Crippen molar-refractivity contribution >= 4 is 5.91 Å². The Bertz CT molecular complexity index is 1160. The summed E-state index contributed by atoms with van der Waals surface area (Å²) in [5, 5.41) is 54.2. The van der Waals surface area contributed by atoms with E-state index in [2.05, 4.69) is 92.1 Å². The molecule has 0 saturated carbocycles. The molecule has 0 spiro atoms. The van der Waals surface area contributed by atoms with Crippen molar-refractivity contribution in [1.82, 2.24) is 5.32 Å². The molecule has 1 saturated heterocycles. The minimum Gasteiger partial charge on any atom is -0.394 e. The topological polar surface area (TPSA) is 149 Å². The third kappa shape index (κ3) is 30.6. The highest BCUT2D eigenvalue weighted by Gasteiger charge is 2.44. The SMILES string of the molecule is CC/C=C\C/C=C\C/C=C\C/C=C\C/C=C\C/C=C\CCCCCCCCCCCCC(=O)NC(COC1OC(CO)C(O)C(O)C1O)C(O)CCCCCCCCCC. The van der Waals surface area contributed by atoms with Crippen LogP contribution < -0.4 is 5.32 Å². The van der Waals surface area contributed by atoms with E-state index in [4.69, 9.17) is 9.47 Å². The number of unbranched alkanes of at least 4 members (excludes halogenated alkanes) is 17. The Labute approximate surface area is 366 Å². The molecule has 1 aliphatic rings. The summed E-state index contributed by atoms with van der Waals surface area (Å²) < 4.78 is 11.2.